The van der Waals surface area contributed by atoms with Crippen LogP contribution < -0.4 is 5.73 Å². The molecule has 1 aromatic heterocycles. The van der Waals surface area contributed by atoms with Crippen LogP contribution in [0.1, 0.15) is 36.4 Å². The highest BCUT2D eigenvalue weighted by Gasteiger charge is 2.44. The Morgan fingerprint density at radius 3 is 2.75 bits per heavy atom. The summed E-state index contributed by atoms with van der Waals surface area (Å²) in [5.41, 5.74) is 7.58. The number of hydrogen-bond donors (Lipinski definition) is 1. The Morgan fingerprint density at radius 2 is 2.33 bits per heavy atom. The van der Waals surface area contributed by atoms with Gasteiger partial charge in [-0.3, -0.25) is 0 Å². The van der Waals surface area contributed by atoms with Crippen molar-refractivity contribution >= 4 is 11.5 Å². The van der Waals surface area contributed by atoms with Gasteiger partial charge in [0.1, 0.15) is 0 Å². The normalized spacial score (nSPS) is 22.2. The van der Waals surface area contributed by atoms with E-state index in [0.29, 0.717) is 5.41 Å². The summed E-state index contributed by atoms with van der Waals surface area (Å²) < 4.78 is 4.24. The first-order valence-corrected chi connectivity index (χ1v) is 5.08. The zero-order chi connectivity index (χ0) is 8.77. The van der Waals surface area contributed by atoms with Gasteiger partial charge in [0.2, 0.25) is 0 Å². The molecule has 1 atom stereocenters. The van der Waals surface area contributed by atoms with E-state index in [2.05, 4.69) is 17.4 Å². The Bertz CT molecular complexity index is 288. The van der Waals surface area contributed by atoms with Crippen LogP contribution in [0.25, 0.3) is 0 Å². The molecule has 0 aromatic carbocycles. The molecule has 2 N–H and O–H groups in total. The number of nitrogens with two attached hydrogens (primary N) is 1. The van der Waals surface area contributed by atoms with Crippen LogP contribution in [-0.2, 0) is 0 Å². The van der Waals surface area contributed by atoms with E-state index in [1.807, 2.05) is 6.92 Å². The van der Waals surface area contributed by atoms with Gasteiger partial charge in [-0.2, -0.15) is 4.37 Å². The predicted octanol–water partition coefficient (Wildman–Crippen LogP) is 2.25. The largest absolute Gasteiger partial charge is 0.323 e. The van der Waals surface area contributed by atoms with Crippen molar-refractivity contribution in [2.75, 3.05) is 0 Å². The summed E-state index contributed by atoms with van der Waals surface area (Å²) in [6.07, 6.45) is 2.54. The first-order valence-electron chi connectivity index (χ1n) is 4.31. The molecular formula is C9H14N2S. The highest BCUT2D eigenvalue weighted by molar-refractivity contribution is 7.05. The molecular weight excluding hydrogens is 168 g/mol. The van der Waals surface area contributed by atoms with E-state index in [9.17, 15) is 0 Å². The monoisotopic (exact) mass is 182 g/mol. The Morgan fingerprint density at radius 1 is 1.67 bits per heavy atom. The molecule has 0 saturated heterocycles. The van der Waals surface area contributed by atoms with Crippen LogP contribution in [0.4, 0.5) is 0 Å². The molecule has 0 aliphatic heterocycles. The molecule has 0 amide bonds. The molecule has 66 valence electrons. The molecule has 1 saturated carbocycles. The molecule has 0 radical (unpaired) electrons. The smallest absolute Gasteiger partial charge is 0.0514 e. The van der Waals surface area contributed by atoms with Crippen LogP contribution in [0, 0.1) is 12.3 Å². The van der Waals surface area contributed by atoms with E-state index >= 15 is 0 Å². The fraction of sp³-hybridized carbons (Fsp3) is 0.667. The van der Waals surface area contributed by atoms with Gasteiger partial charge in [-0.15, -0.1) is 0 Å². The van der Waals surface area contributed by atoms with E-state index in [0.717, 1.165) is 5.69 Å². The maximum atomic E-state index is 6.12. The number of hydrogen-bond acceptors (Lipinski definition) is 3. The van der Waals surface area contributed by atoms with Crippen LogP contribution in [0.2, 0.25) is 0 Å². The minimum Gasteiger partial charge on any atom is -0.323 e. The van der Waals surface area contributed by atoms with Crippen molar-refractivity contribution in [2.45, 2.75) is 32.7 Å². The lowest BCUT2D eigenvalue weighted by atomic mass is 9.98. The lowest BCUT2D eigenvalue weighted by molar-refractivity contribution is 0.457. The van der Waals surface area contributed by atoms with Crippen molar-refractivity contribution in [3.8, 4) is 0 Å². The average Bonchev–Trinajstić information content (AvgIpc) is 2.62. The van der Waals surface area contributed by atoms with Crippen molar-refractivity contribution in [1.29, 1.82) is 0 Å². The number of nitrogens with zero attached hydrogens (tertiary/aromatic N) is 1. The summed E-state index contributed by atoms with van der Waals surface area (Å²) in [5, 5.41) is 0. The molecule has 2 nitrogen and oxygen atoms in total. The molecule has 3 heteroatoms. The van der Waals surface area contributed by atoms with Gasteiger partial charge in [-0.05, 0) is 42.8 Å². The van der Waals surface area contributed by atoms with Crippen LogP contribution in [0.15, 0.2) is 6.07 Å². The molecule has 1 aliphatic rings. The summed E-state index contributed by atoms with van der Waals surface area (Å²) >= 11 is 1.55. The Hall–Kier alpha value is -0.410. The Kier molecular flexibility index (Phi) is 1.73. The molecule has 1 aliphatic carbocycles. The van der Waals surface area contributed by atoms with Gasteiger partial charge >= 0.3 is 0 Å². The lowest BCUT2D eigenvalue weighted by Crippen LogP contribution is -2.18. The van der Waals surface area contributed by atoms with Crippen LogP contribution in [0.5, 0.6) is 0 Å². The highest BCUT2D eigenvalue weighted by atomic mass is 32.1. The molecule has 1 fully saturated rings. The molecule has 1 unspecified atom stereocenters. The van der Waals surface area contributed by atoms with E-state index < -0.39 is 0 Å². The van der Waals surface area contributed by atoms with Gasteiger partial charge < -0.3 is 5.73 Å². The fourth-order valence-corrected chi connectivity index (χ4v) is 2.30. The standard InChI is InChI=1S/C9H14N2S/c1-6-5-7(12-11-6)8(10)9(2)3-4-9/h5,8H,3-4,10H2,1-2H3. The first kappa shape index (κ1) is 8.20. The number of aromatic nitrogens is 1. The number of rotatable bonds is 2. The van der Waals surface area contributed by atoms with Crippen LogP contribution >= 0.6 is 11.5 Å². The quantitative estimate of drug-likeness (QED) is 0.762. The third-order valence-electron chi connectivity index (χ3n) is 2.74. The molecule has 2 rings (SSSR count). The summed E-state index contributed by atoms with van der Waals surface area (Å²) in [4.78, 5) is 1.24. The van der Waals surface area contributed by atoms with E-state index in [1.165, 1.54) is 17.7 Å². The summed E-state index contributed by atoms with van der Waals surface area (Å²) in [7, 11) is 0. The van der Waals surface area contributed by atoms with Crippen molar-refractivity contribution < 1.29 is 0 Å². The second-order valence-corrected chi connectivity index (χ2v) is 4.84. The zero-order valence-electron chi connectivity index (χ0n) is 7.50. The van der Waals surface area contributed by atoms with Crippen molar-refractivity contribution in [3.05, 3.63) is 16.6 Å². The summed E-state index contributed by atoms with van der Waals surface area (Å²) in [5.74, 6) is 0. The minimum absolute atomic E-state index is 0.212. The van der Waals surface area contributed by atoms with Gasteiger partial charge in [-0.25, -0.2) is 0 Å². The van der Waals surface area contributed by atoms with Crippen molar-refractivity contribution in [2.24, 2.45) is 11.1 Å². The van der Waals surface area contributed by atoms with Gasteiger partial charge in [-0.1, -0.05) is 6.92 Å². The van der Waals surface area contributed by atoms with Gasteiger partial charge in [0.15, 0.2) is 0 Å². The fourth-order valence-electron chi connectivity index (χ4n) is 1.38. The van der Waals surface area contributed by atoms with Crippen LogP contribution in [0.3, 0.4) is 0 Å². The predicted molar refractivity (Wildman–Crippen MR) is 51.1 cm³/mol. The third kappa shape index (κ3) is 1.27. The first-order chi connectivity index (χ1) is 5.62. The van der Waals surface area contributed by atoms with Gasteiger partial charge in [0.05, 0.1) is 5.69 Å². The maximum Gasteiger partial charge on any atom is 0.0514 e. The van der Waals surface area contributed by atoms with E-state index in [-0.39, 0.29) is 6.04 Å². The highest BCUT2D eigenvalue weighted by Crippen LogP contribution is 2.53. The lowest BCUT2D eigenvalue weighted by Gasteiger charge is -2.15. The SMILES string of the molecule is Cc1cc(C(N)C2(C)CC2)sn1. The average molecular weight is 182 g/mol. The molecule has 1 aromatic rings. The van der Waals surface area contributed by atoms with Crippen molar-refractivity contribution in [3.63, 3.8) is 0 Å². The minimum atomic E-state index is 0.212. The molecule has 1 heterocycles. The van der Waals surface area contributed by atoms with E-state index in [1.54, 1.807) is 11.5 Å². The van der Waals surface area contributed by atoms with Crippen molar-refractivity contribution in [1.82, 2.24) is 4.37 Å². The Balaban J connectivity index is 2.19. The topological polar surface area (TPSA) is 38.9 Å². The molecule has 0 bridgehead atoms. The third-order valence-corrected chi connectivity index (χ3v) is 3.70. The molecule has 12 heavy (non-hydrogen) atoms. The summed E-state index contributed by atoms with van der Waals surface area (Å²) in [6, 6.07) is 2.32. The van der Waals surface area contributed by atoms with Crippen LogP contribution in [-0.4, -0.2) is 4.37 Å². The number of aryl methyl sites for hydroxylation is 1. The van der Waals surface area contributed by atoms with E-state index in [4.69, 9.17) is 5.73 Å². The maximum absolute atomic E-state index is 6.12. The van der Waals surface area contributed by atoms with Gasteiger partial charge in [0.25, 0.3) is 0 Å². The second kappa shape index (κ2) is 2.54. The molecule has 0 spiro atoms. The summed E-state index contributed by atoms with van der Waals surface area (Å²) in [6.45, 7) is 4.27. The second-order valence-electron chi connectivity index (χ2n) is 4.00. The van der Waals surface area contributed by atoms with Gasteiger partial charge in [0, 0.05) is 10.9 Å². The zero-order valence-corrected chi connectivity index (χ0v) is 8.32. The Labute approximate surface area is 77.0 Å².